The molecule has 2 rings (SSSR count). The molecular formula is C11H14BrFN2. The van der Waals surface area contributed by atoms with Gasteiger partial charge in [-0.2, -0.15) is 0 Å². The average molecular weight is 273 g/mol. The zero-order valence-corrected chi connectivity index (χ0v) is 10.0. The zero-order chi connectivity index (χ0) is 10.9. The van der Waals surface area contributed by atoms with Gasteiger partial charge in [-0.25, -0.2) is 4.39 Å². The average Bonchev–Trinajstić information content (AvgIpc) is 2.63. The fraction of sp³-hybridized carbons (Fsp3) is 0.455. The molecule has 1 heterocycles. The summed E-state index contributed by atoms with van der Waals surface area (Å²) in [5.41, 5.74) is 6.34. The van der Waals surface area contributed by atoms with Crippen molar-refractivity contribution in [2.75, 3.05) is 24.7 Å². The van der Waals surface area contributed by atoms with Gasteiger partial charge in [0.2, 0.25) is 0 Å². The summed E-state index contributed by atoms with van der Waals surface area (Å²) >= 11 is 3.49. The molecule has 1 aliphatic rings. The lowest BCUT2D eigenvalue weighted by molar-refractivity contribution is 0.330. The Morgan fingerprint density at radius 1 is 1.47 bits per heavy atom. The van der Waals surface area contributed by atoms with Crippen LogP contribution in [-0.4, -0.2) is 25.3 Å². The van der Waals surface area contributed by atoms with Gasteiger partial charge in [0.15, 0.2) is 0 Å². The number of nitrogens with two attached hydrogens (primary N) is 1. The van der Waals surface area contributed by atoms with Gasteiger partial charge in [-0.3, -0.25) is 0 Å². The van der Waals surface area contributed by atoms with Crippen molar-refractivity contribution < 1.29 is 4.39 Å². The predicted octanol–water partition coefficient (Wildman–Crippen LogP) is 2.33. The van der Waals surface area contributed by atoms with E-state index in [1.807, 2.05) is 24.3 Å². The van der Waals surface area contributed by atoms with Gasteiger partial charge in [0.25, 0.3) is 0 Å². The number of halogens is 2. The van der Waals surface area contributed by atoms with Crippen molar-refractivity contribution in [1.82, 2.24) is 0 Å². The first kappa shape index (κ1) is 10.9. The van der Waals surface area contributed by atoms with E-state index >= 15 is 0 Å². The molecule has 0 saturated carbocycles. The van der Waals surface area contributed by atoms with Crippen molar-refractivity contribution >= 4 is 21.6 Å². The molecule has 1 aromatic carbocycles. The van der Waals surface area contributed by atoms with Crippen LogP contribution in [-0.2, 0) is 0 Å². The molecule has 15 heavy (non-hydrogen) atoms. The van der Waals surface area contributed by atoms with Gasteiger partial charge < -0.3 is 10.6 Å². The number of anilines is 1. The highest BCUT2D eigenvalue weighted by Gasteiger charge is 2.35. The molecule has 0 aromatic heterocycles. The zero-order valence-electron chi connectivity index (χ0n) is 8.42. The Morgan fingerprint density at radius 2 is 2.20 bits per heavy atom. The maximum Gasteiger partial charge on any atom is 0.109 e. The number of para-hydroxylation sites is 1. The Kier molecular flexibility index (Phi) is 2.98. The first-order chi connectivity index (χ1) is 7.14. The van der Waals surface area contributed by atoms with Gasteiger partial charge in [-0.1, -0.05) is 12.1 Å². The van der Waals surface area contributed by atoms with Crippen LogP contribution in [0.2, 0.25) is 0 Å². The minimum absolute atomic E-state index is 0.450. The van der Waals surface area contributed by atoms with Crippen molar-refractivity contribution in [3.8, 4) is 0 Å². The second-order valence-electron chi connectivity index (χ2n) is 4.12. The molecule has 1 aliphatic heterocycles. The molecule has 1 saturated heterocycles. The fourth-order valence-corrected chi connectivity index (χ4v) is 2.45. The lowest BCUT2D eigenvalue weighted by atomic mass is 10.0. The van der Waals surface area contributed by atoms with Crippen LogP contribution in [0.3, 0.4) is 0 Å². The largest absolute Gasteiger partial charge is 0.369 e. The second-order valence-corrected chi connectivity index (χ2v) is 4.97. The predicted molar refractivity (Wildman–Crippen MR) is 63.9 cm³/mol. The first-order valence-electron chi connectivity index (χ1n) is 4.99. The van der Waals surface area contributed by atoms with Gasteiger partial charge in [-0.15, -0.1) is 0 Å². The highest BCUT2D eigenvalue weighted by atomic mass is 79.9. The molecule has 1 atom stereocenters. The van der Waals surface area contributed by atoms with E-state index in [9.17, 15) is 4.39 Å². The molecule has 4 heteroatoms. The lowest BCUT2D eigenvalue weighted by Crippen LogP contribution is -2.44. The lowest BCUT2D eigenvalue weighted by Gasteiger charge is -2.23. The molecule has 1 unspecified atom stereocenters. The van der Waals surface area contributed by atoms with Crippen LogP contribution in [0.4, 0.5) is 10.1 Å². The number of hydrogen-bond donors (Lipinski definition) is 1. The summed E-state index contributed by atoms with van der Waals surface area (Å²) in [7, 11) is 0. The molecule has 0 aliphatic carbocycles. The summed E-state index contributed by atoms with van der Waals surface area (Å²) in [5, 5.41) is 0. The molecular weight excluding hydrogens is 259 g/mol. The number of benzene rings is 1. The summed E-state index contributed by atoms with van der Waals surface area (Å²) in [6.07, 6.45) is 0.713. The topological polar surface area (TPSA) is 29.3 Å². The Hall–Kier alpha value is -0.610. The normalized spacial score (nSPS) is 25.9. The Bertz CT molecular complexity index is 358. The van der Waals surface area contributed by atoms with Crippen LogP contribution >= 0.6 is 15.9 Å². The van der Waals surface area contributed by atoms with Crippen LogP contribution in [0.5, 0.6) is 0 Å². The maximum absolute atomic E-state index is 12.7. The molecule has 2 N–H and O–H groups in total. The summed E-state index contributed by atoms with van der Waals surface area (Å²) in [6, 6.07) is 7.95. The van der Waals surface area contributed by atoms with Crippen molar-refractivity contribution in [3.63, 3.8) is 0 Å². The van der Waals surface area contributed by atoms with E-state index in [4.69, 9.17) is 5.73 Å². The van der Waals surface area contributed by atoms with Crippen molar-refractivity contribution in [2.24, 2.45) is 5.73 Å². The van der Waals surface area contributed by atoms with E-state index in [1.165, 1.54) is 0 Å². The van der Waals surface area contributed by atoms with Crippen LogP contribution < -0.4 is 10.6 Å². The van der Waals surface area contributed by atoms with Gasteiger partial charge >= 0.3 is 0 Å². The van der Waals surface area contributed by atoms with E-state index in [0.29, 0.717) is 13.0 Å². The standard InChI is InChI=1S/C11H14BrFN2/c12-9-3-1-2-4-10(9)15-6-5-11(14,7-13)8-15/h1-4H,5-8,14H2. The SMILES string of the molecule is NC1(CF)CCN(c2ccccc2Br)C1. The summed E-state index contributed by atoms with van der Waals surface area (Å²) in [5.74, 6) is 0. The smallest absolute Gasteiger partial charge is 0.109 e. The quantitative estimate of drug-likeness (QED) is 0.896. The Morgan fingerprint density at radius 3 is 2.80 bits per heavy atom. The number of nitrogens with zero attached hydrogens (tertiary/aromatic N) is 1. The molecule has 1 fully saturated rings. The minimum atomic E-state index is -0.657. The van der Waals surface area contributed by atoms with Crippen LogP contribution in [0.15, 0.2) is 28.7 Å². The molecule has 1 aromatic rings. The van der Waals surface area contributed by atoms with Crippen LogP contribution in [0, 0.1) is 0 Å². The molecule has 0 bridgehead atoms. The van der Waals surface area contributed by atoms with Crippen molar-refractivity contribution in [2.45, 2.75) is 12.0 Å². The van der Waals surface area contributed by atoms with Crippen LogP contribution in [0.1, 0.15) is 6.42 Å². The van der Waals surface area contributed by atoms with Gasteiger partial charge in [-0.05, 0) is 34.5 Å². The third kappa shape index (κ3) is 2.16. The monoisotopic (exact) mass is 272 g/mol. The molecule has 0 amide bonds. The van der Waals surface area contributed by atoms with Crippen LogP contribution in [0.25, 0.3) is 0 Å². The highest BCUT2D eigenvalue weighted by Crippen LogP contribution is 2.31. The fourth-order valence-electron chi connectivity index (χ4n) is 1.92. The molecule has 0 spiro atoms. The summed E-state index contributed by atoms with van der Waals surface area (Å²) in [6.45, 7) is 0.961. The first-order valence-corrected chi connectivity index (χ1v) is 5.78. The minimum Gasteiger partial charge on any atom is -0.369 e. The van der Waals surface area contributed by atoms with Crippen molar-refractivity contribution in [1.29, 1.82) is 0 Å². The van der Waals surface area contributed by atoms with E-state index in [2.05, 4.69) is 20.8 Å². The maximum atomic E-state index is 12.7. The number of hydrogen-bond acceptors (Lipinski definition) is 2. The Labute approximate surface area is 97.4 Å². The Balaban J connectivity index is 2.18. The van der Waals surface area contributed by atoms with E-state index in [1.54, 1.807) is 0 Å². The van der Waals surface area contributed by atoms with E-state index in [0.717, 1.165) is 16.7 Å². The third-order valence-electron chi connectivity index (χ3n) is 2.84. The highest BCUT2D eigenvalue weighted by molar-refractivity contribution is 9.10. The number of rotatable bonds is 2. The van der Waals surface area contributed by atoms with Gasteiger partial charge in [0.05, 0.1) is 11.2 Å². The molecule has 2 nitrogen and oxygen atoms in total. The summed E-state index contributed by atoms with van der Waals surface area (Å²) in [4.78, 5) is 2.13. The molecule has 0 radical (unpaired) electrons. The molecule has 82 valence electrons. The second kappa shape index (κ2) is 4.10. The van der Waals surface area contributed by atoms with Gasteiger partial charge in [0.1, 0.15) is 6.67 Å². The van der Waals surface area contributed by atoms with Gasteiger partial charge in [0, 0.05) is 17.6 Å². The van der Waals surface area contributed by atoms with E-state index in [-0.39, 0.29) is 0 Å². The third-order valence-corrected chi connectivity index (χ3v) is 3.52. The van der Waals surface area contributed by atoms with Crippen molar-refractivity contribution in [3.05, 3.63) is 28.7 Å². The van der Waals surface area contributed by atoms with E-state index < -0.39 is 12.2 Å². The number of alkyl halides is 1. The summed E-state index contributed by atoms with van der Waals surface area (Å²) < 4.78 is 13.7.